The third kappa shape index (κ3) is 5.41. The highest BCUT2D eigenvalue weighted by Crippen LogP contribution is 2.29. The van der Waals surface area contributed by atoms with Gasteiger partial charge in [0.25, 0.3) is 0 Å². The summed E-state index contributed by atoms with van der Waals surface area (Å²) >= 11 is 0. The summed E-state index contributed by atoms with van der Waals surface area (Å²) in [5.74, 6) is -0.0734. The van der Waals surface area contributed by atoms with Gasteiger partial charge in [0.2, 0.25) is 0 Å². The molecule has 0 spiro atoms. The van der Waals surface area contributed by atoms with Crippen LogP contribution in [0.15, 0.2) is 78.9 Å². The first-order chi connectivity index (χ1) is 17.2. The van der Waals surface area contributed by atoms with E-state index in [1.807, 2.05) is 59.2 Å². The number of hydrogen-bond acceptors (Lipinski definition) is 3. The van der Waals surface area contributed by atoms with E-state index in [0.29, 0.717) is 31.4 Å². The van der Waals surface area contributed by atoms with Crippen molar-refractivity contribution in [3.63, 3.8) is 0 Å². The lowest BCUT2D eigenvalue weighted by molar-refractivity contribution is 0.0684. The number of para-hydroxylation sites is 1. The van der Waals surface area contributed by atoms with Crippen molar-refractivity contribution in [1.29, 1.82) is 0 Å². The highest BCUT2D eigenvalue weighted by Gasteiger charge is 2.24. The van der Waals surface area contributed by atoms with Crippen LogP contribution in [0.5, 0.6) is 5.75 Å². The van der Waals surface area contributed by atoms with E-state index in [0.717, 1.165) is 40.6 Å². The second kappa shape index (κ2) is 10.8. The number of aryl methyl sites for hydroxylation is 1. The fourth-order valence-electron chi connectivity index (χ4n) is 4.85. The van der Waals surface area contributed by atoms with Crippen LogP contribution in [0.25, 0.3) is 10.9 Å². The number of nitrogens with zero attached hydrogens (tertiary/aromatic N) is 1. The van der Waals surface area contributed by atoms with E-state index >= 15 is 0 Å². The average molecular weight is 469 g/mol. The first-order valence-corrected chi connectivity index (χ1v) is 12.5. The summed E-state index contributed by atoms with van der Waals surface area (Å²) in [5.41, 5.74) is 4.52. The number of benzene rings is 3. The van der Waals surface area contributed by atoms with E-state index in [9.17, 15) is 9.90 Å². The highest BCUT2D eigenvalue weighted by molar-refractivity contribution is 5.98. The number of rotatable bonds is 11. The molecular weight excluding hydrogens is 436 g/mol. The summed E-state index contributed by atoms with van der Waals surface area (Å²) in [6, 6.07) is 26.9. The maximum atomic E-state index is 12.4. The Morgan fingerprint density at radius 2 is 1.74 bits per heavy atom. The van der Waals surface area contributed by atoms with Crippen LogP contribution in [0.2, 0.25) is 0 Å². The van der Waals surface area contributed by atoms with Crippen molar-refractivity contribution in [2.45, 2.75) is 51.2 Å². The molecule has 1 heterocycles. The summed E-state index contributed by atoms with van der Waals surface area (Å²) in [6.45, 7) is 1.69. The molecule has 180 valence electrons. The van der Waals surface area contributed by atoms with E-state index in [-0.39, 0.29) is 0 Å². The predicted octanol–water partition coefficient (Wildman–Crippen LogP) is 6.04. The van der Waals surface area contributed by atoms with Crippen molar-refractivity contribution in [3.8, 4) is 5.75 Å². The number of carboxylic acids is 1. The van der Waals surface area contributed by atoms with Crippen LogP contribution in [0.1, 0.15) is 52.9 Å². The first-order valence-electron chi connectivity index (χ1n) is 12.5. The van der Waals surface area contributed by atoms with E-state index < -0.39 is 5.97 Å². The Bertz CT molecular complexity index is 1290. The summed E-state index contributed by atoms with van der Waals surface area (Å²) in [6.07, 6.45) is 5.50. The van der Waals surface area contributed by atoms with Crippen molar-refractivity contribution in [3.05, 3.63) is 101 Å². The fourth-order valence-corrected chi connectivity index (χ4v) is 4.85. The molecule has 0 unspecified atom stereocenters. The highest BCUT2D eigenvalue weighted by atomic mass is 16.5. The molecule has 5 nitrogen and oxygen atoms in total. The second-order valence-electron chi connectivity index (χ2n) is 9.33. The van der Waals surface area contributed by atoms with Crippen LogP contribution in [0.3, 0.4) is 0 Å². The van der Waals surface area contributed by atoms with Gasteiger partial charge >= 0.3 is 5.97 Å². The van der Waals surface area contributed by atoms with Crippen LogP contribution >= 0.6 is 0 Å². The van der Waals surface area contributed by atoms with E-state index in [1.165, 1.54) is 24.8 Å². The molecule has 5 rings (SSSR count). The monoisotopic (exact) mass is 468 g/mol. The van der Waals surface area contributed by atoms with Crippen LogP contribution in [-0.4, -0.2) is 28.3 Å². The maximum absolute atomic E-state index is 12.4. The number of carbonyl (C=O) groups is 1. The van der Waals surface area contributed by atoms with Gasteiger partial charge in [-0.05, 0) is 55.0 Å². The van der Waals surface area contributed by atoms with Crippen LogP contribution < -0.4 is 10.1 Å². The molecule has 1 aliphatic carbocycles. The molecule has 3 aromatic carbocycles. The number of carboxylic acid groups (broad SMARTS) is 1. The number of nitrogens with one attached hydrogen (secondary N) is 1. The van der Waals surface area contributed by atoms with Gasteiger partial charge in [0, 0.05) is 35.6 Å². The molecule has 0 amide bonds. The Labute approximate surface area is 206 Å². The molecule has 0 aliphatic heterocycles. The Morgan fingerprint density at radius 3 is 2.51 bits per heavy atom. The lowest BCUT2D eigenvalue weighted by Crippen LogP contribution is -2.34. The zero-order chi connectivity index (χ0) is 24.0. The number of hydrogen-bond donors (Lipinski definition) is 2. The molecule has 0 radical (unpaired) electrons. The number of aromatic nitrogens is 1. The van der Waals surface area contributed by atoms with Crippen molar-refractivity contribution >= 4 is 16.9 Å². The van der Waals surface area contributed by atoms with Gasteiger partial charge in [-0.15, -0.1) is 0 Å². The molecule has 0 atom stereocenters. The minimum absolute atomic E-state index is 0.368. The molecule has 1 aliphatic rings. The zero-order valence-electron chi connectivity index (χ0n) is 20.0. The predicted molar refractivity (Wildman–Crippen MR) is 139 cm³/mol. The van der Waals surface area contributed by atoms with E-state index in [1.54, 1.807) is 0 Å². The summed E-state index contributed by atoms with van der Waals surface area (Å²) in [4.78, 5) is 12.4. The van der Waals surface area contributed by atoms with Crippen molar-refractivity contribution in [2.24, 2.45) is 0 Å². The van der Waals surface area contributed by atoms with Gasteiger partial charge in [-0.2, -0.15) is 0 Å². The molecule has 1 aromatic heterocycles. The lowest BCUT2D eigenvalue weighted by atomic mass is 9.93. The van der Waals surface area contributed by atoms with E-state index in [4.69, 9.17) is 4.74 Å². The standard InChI is InChI=1S/C30H32N2O3/c33-30(34)29-27(20-31-24-13-7-14-24)26-16-4-5-17-28(26)32(29)21-23-11-6-15-25(19-23)35-18-8-12-22-9-2-1-3-10-22/h1-6,9-11,15-17,19,24,31H,7-8,12-14,18,20-21H2,(H,33,34). The third-order valence-electron chi connectivity index (χ3n) is 6.91. The molecule has 0 saturated heterocycles. The van der Waals surface area contributed by atoms with Gasteiger partial charge in [0.1, 0.15) is 11.4 Å². The Morgan fingerprint density at radius 1 is 0.971 bits per heavy atom. The summed E-state index contributed by atoms with van der Waals surface area (Å²) in [5, 5.41) is 14.7. The summed E-state index contributed by atoms with van der Waals surface area (Å²) in [7, 11) is 0. The zero-order valence-corrected chi connectivity index (χ0v) is 20.0. The topological polar surface area (TPSA) is 63.5 Å². The van der Waals surface area contributed by atoms with Crippen LogP contribution in [-0.2, 0) is 19.5 Å². The Kier molecular flexibility index (Phi) is 7.15. The second-order valence-corrected chi connectivity index (χ2v) is 9.33. The molecule has 2 N–H and O–H groups in total. The molecule has 5 heteroatoms. The Hall–Kier alpha value is -3.57. The average Bonchev–Trinajstić information content (AvgIpc) is 3.15. The van der Waals surface area contributed by atoms with Crippen molar-refractivity contribution < 1.29 is 14.6 Å². The molecule has 1 saturated carbocycles. The third-order valence-corrected chi connectivity index (χ3v) is 6.91. The smallest absolute Gasteiger partial charge is 0.352 e. The number of aromatic carboxylic acids is 1. The Balaban J connectivity index is 1.33. The van der Waals surface area contributed by atoms with Crippen LogP contribution in [0, 0.1) is 0 Å². The van der Waals surface area contributed by atoms with Gasteiger partial charge in [-0.3, -0.25) is 0 Å². The van der Waals surface area contributed by atoms with Crippen molar-refractivity contribution in [2.75, 3.05) is 6.61 Å². The SMILES string of the molecule is O=C(O)c1c(CNC2CCC2)c2ccccc2n1Cc1cccc(OCCCc2ccccc2)c1. The normalized spacial score (nSPS) is 13.6. The van der Waals surface area contributed by atoms with Gasteiger partial charge in [-0.1, -0.05) is 67.1 Å². The minimum Gasteiger partial charge on any atom is -0.494 e. The number of ether oxygens (including phenoxy) is 1. The minimum atomic E-state index is -0.889. The van der Waals surface area contributed by atoms with Crippen molar-refractivity contribution in [1.82, 2.24) is 9.88 Å². The molecule has 0 bridgehead atoms. The van der Waals surface area contributed by atoms with E-state index in [2.05, 4.69) is 29.6 Å². The van der Waals surface area contributed by atoms with Gasteiger partial charge < -0.3 is 19.7 Å². The summed E-state index contributed by atoms with van der Waals surface area (Å²) < 4.78 is 7.96. The molecular formula is C30H32N2O3. The van der Waals surface area contributed by atoms with Gasteiger partial charge in [0.15, 0.2) is 0 Å². The fraction of sp³-hybridized carbons (Fsp3) is 0.300. The molecule has 1 fully saturated rings. The van der Waals surface area contributed by atoms with Crippen LogP contribution in [0.4, 0.5) is 0 Å². The lowest BCUT2D eigenvalue weighted by Gasteiger charge is -2.26. The molecule has 35 heavy (non-hydrogen) atoms. The van der Waals surface area contributed by atoms with Gasteiger partial charge in [-0.25, -0.2) is 4.79 Å². The maximum Gasteiger partial charge on any atom is 0.352 e. The first kappa shape index (κ1) is 23.2. The number of fused-ring (bicyclic) bond motifs is 1. The van der Waals surface area contributed by atoms with Gasteiger partial charge in [0.05, 0.1) is 6.61 Å². The quantitative estimate of drug-likeness (QED) is 0.263. The largest absolute Gasteiger partial charge is 0.494 e. The molecule has 4 aromatic rings.